The highest BCUT2D eigenvalue weighted by molar-refractivity contribution is 14.1. The summed E-state index contributed by atoms with van der Waals surface area (Å²) in [6, 6.07) is 16.0. The maximum absolute atomic E-state index is 12.2. The minimum atomic E-state index is -1.09. The van der Waals surface area contributed by atoms with Gasteiger partial charge >= 0.3 is 5.97 Å². The Kier molecular flexibility index (Phi) is 10.1. The van der Waals surface area contributed by atoms with Crippen molar-refractivity contribution in [3.8, 4) is 22.9 Å². The van der Waals surface area contributed by atoms with Gasteiger partial charge in [0.25, 0.3) is 0 Å². The minimum absolute atomic E-state index is 0.0687. The van der Waals surface area contributed by atoms with Gasteiger partial charge in [-0.3, -0.25) is 0 Å². The van der Waals surface area contributed by atoms with E-state index in [4.69, 9.17) is 44.3 Å². The SMILES string of the molecule is CCn1c(S/C(=C\c2cc(I)c(OCc3ccc(Cl)cc3Cl)c(OC)c2)C(=O)O)nnc1-c1ccc(Cl)cc1. The van der Waals surface area contributed by atoms with Crippen LogP contribution in [0.25, 0.3) is 17.5 Å². The lowest BCUT2D eigenvalue weighted by Crippen LogP contribution is -2.03. The second-order valence-electron chi connectivity index (χ2n) is 8.03. The van der Waals surface area contributed by atoms with Crippen LogP contribution < -0.4 is 9.47 Å². The zero-order valence-corrected chi connectivity index (χ0v) is 25.9. The molecule has 1 N–H and O–H groups in total. The second kappa shape index (κ2) is 13.3. The predicted octanol–water partition coefficient (Wildman–Crippen LogP) is 8.34. The summed E-state index contributed by atoms with van der Waals surface area (Å²) in [6.07, 6.45) is 1.56. The Morgan fingerprint density at radius 3 is 2.44 bits per heavy atom. The van der Waals surface area contributed by atoms with Crippen LogP contribution in [0.1, 0.15) is 18.1 Å². The lowest BCUT2D eigenvalue weighted by molar-refractivity contribution is -0.131. The molecule has 0 aliphatic carbocycles. The maximum atomic E-state index is 12.2. The quantitative estimate of drug-likeness (QED) is 0.100. The molecular weight excluding hydrogens is 696 g/mol. The first kappa shape index (κ1) is 29.5. The Morgan fingerprint density at radius 2 is 1.79 bits per heavy atom. The van der Waals surface area contributed by atoms with Gasteiger partial charge in [-0.15, -0.1) is 10.2 Å². The fourth-order valence-electron chi connectivity index (χ4n) is 3.60. The van der Waals surface area contributed by atoms with E-state index in [1.54, 1.807) is 42.5 Å². The normalized spacial score (nSPS) is 11.5. The number of ether oxygens (including phenoxy) is 2. The molecule has 0 aliphatic heterocycles. The third kappa shape index (κ3) is 7.20. The number of hydrogen-bond acceptors (Lipinski definition) is 6. The number of carboxylic acids is 1. The summed E-state index contributed by atoms with van der Waals surface area (Å²) in [5.41, 5.74) is 2.22. The molecule has 1 heterocycles. The summed E-state index contributed by atoms with van der Waals surface area (Å²) in [6.45, 7) is 2.70. The molecule has 7 nitrogen and oxygen atoms in total. The summed E-state index contributed by atoms with van der Waals surface area (Å²) >= 11 is 21.4. The molecule has 0 amide bonds. The molecule has 3 aromatic carbocycles. The lowest BCUT2D eigenvalue weighted by atomic mass is 10.2. The van der Waals surface area contributed by atoms with E-state index in [-0.39, 0.29) is 11.5 Å². The molecule has 0 fully saturated rings. The number of halogens is 4. The maximum Gasteiger partial charge on any atom is 0.342 e. The first-order valence-electron chi connectivity index (χ1n) is 11.5. The highest BCUT2D eigenvalue weighted by Gasteiger charge is 2.19. The number of carbonyl (C=O) groups is 1. The van der Waals surface area contributed by atoms with Crippen LogP contribution in [0.5, 0.6) is 11.5 Å². The number of benzene rings is 3. The van der Waals surface area contributed by atoms with E-state index >= 15 is 0 Å². The van der Waals surface area contributed by atoms with Crippen molar-refractivity contribution in [1.29, 1.82) is 0 Å². The summed E-state index contributed by atoms with van der Waals surface area (Å²) < 4.78 is 14.2. The van der Waals surface area contributed by atoms with Gasteiger partial charge in [0.2, 0.25) is 0 Å². The van der Waals surface area contributed by atoms with Gasteiger partial charge in [-0.1, -0.05) is 40.9 Å². The molecule has 12 heteroatoms. The molecule has 0 atom stereocenters. The van der Waals surface area contributed by atoms with Gasteiger partial charge in [0.15, 0.2) is 22.5 Å². The van der Waals surface area contributed by atoms with Gasteiger partial charge in [-0.2, -0.15) is 0 Å². The average Bonchev–Trinajstić information content (AvgIpc) is 3.31. The Bertz CT molecular complexity index is 1540. The van der Waals surface area contributed by atoms with E-state index in [0.29, 0.717) is 49.7 Å². The van der Waals surface area contributed by atoms with Crippen molar-refractivity contribution in [2.75, 3.05) is 7.11 Å². The van der Waals surface area contributed by atoms with E-state index < -0.39 is 5.97 Å². The molecule has 202 valence electrons. The van der Waals surface area contributed by atoms with E-state index in [0.717, 1.165) is 26.5 Å². The van der Waals surface area contributed by atoms with Crippen molar-refractivity contribution in [2.45, 2.75) is 25.2 Å². The summed E-state index contributed by atoms with van der Waals surface area (Å²) in [4.78, 5) is 12.3. The van der Waals surface area contributed by atoms with Crippen LogP contribution in [0.2, 0.25) is 15.1 Å². The fourth-order valence-corrected chi connectivity index (χ4v) is 5.85. The van der Waals surface area contributed by atoms with Gasteiger partial charge in [0.05, 0.1) is 10.7 Å². The highest BCUT2D eigenvalue weighted by Crippen LogP contribution is 2.37. The Labute approximate surface area is 258 Å². The molecule has 0 bridgehead atoms. The van der Waals surface area contributed by atoms with Gasteiger partial charge in [-0.25, -0.2) is 4.79 Å². The van der Waals surface area contributed by atoms with Crippen LogP contribution >= 0.6 is 69.2 Å². The van der Waals surface area contributed by atoms with E-state index in [1.807, 2.05) is 29.7 Å². The number of rotatable bonds is 10. The summed E-state index contributed by atoms with van der Waals surface area (Å²) in [7, 11) is 1.52. The Morgan fingerprint density at radius 1 is 1.08 bits per heavy atom. The molecule has 0 saturated heterocycles. The molecule has 0 spiro atoms. The van der Waals surface area contributed by atoms with Crippen molar-refractivity contribution >= 4 is 81.2 Å². The van der Waals surface area contributed by atoms with Crippen molar-refractivity contribution in [3.05, 3.63) is 89.3 Å². The van der Waals surface area contributed by atoms with Gasteiger partial charge in [-0.05, 0) is 101 Å². The molecule has 4 aromatic rings. The third-order valence-corrected chi connectivity index (χ3v) is 8.12. The predicted molar refractivity (Wildman–Crippen MR) is 164 cm³/mol. The molecular formula is C27H21Cl3IN3O4S. The van der Waals surface area contributed by atoms with Crippen LogP contribution in [0.3, 0.4) is 0 Å². The largest absolute Gasteiger partial charge is 0.493 e. The Balaban J connectivity index is 1.61. The smallest absolute Gasteiger partial charge is 0.342 e. The van der Waals surface area contributed by atoms with Crippen LogP contribution in [0, 0.1) is 3.57 Å². The fraction of sp³-hybridized carbons (Fsp3) is 0.148. The van der Waals surface area contributed by atoms with E-state index in [9.17, 15) is 9.90 Å². The molecule has 1 aromatic heterocycles. The summed E-state index contributed by atoms with van der Waals surface area (Å²) in [5, 5.41) is 20.6. The van der Waals surface area contributed by atoms with Crippen LogP contribution in [-0.2, 0) is 17.9 Å². The summed E-state index contributed by atoms with van der Waals surface area (Å²) in [5.74, 6) is 0.504. The van der Waals surface area contributed by atoms with E-state index in [1.165, 1.54) is 7.11 Å². The van der Waals surface area contributed by atoms with Gasteiger partial charge in [0.1, 0.15) is 11.5 Å². The lowest BCUT2D eigenvalue weighted by Gasteiger charge is -2.15. The number of aromatic nitrogens is 3. The van der Waals surface area contributed by atoms with Crippen LogP contribution in [0.4, 0.5) is 0 Å². The van der Waals surface area contributed by atoms with Crippen molar-refractivity contribution < 1.29 is 19.4 Å². The zero-order chi connectivity index (χ0) is 28.1. The standard InChI is InChI=1S/C27H21Cl3IN3O4S/c1-3-34-25(16-4-7-18(28)8-5-16)32-33-27(34)39-23(26(35)36)12-15-10-21(31)24(22(11-15)37-2)38-14-17-6-9-19(29)13-20(17)30/h4-13H,3,14H2,1-2H3,(H,35,36)/b23-12-. The first-order valence-corrected chi connectivity index (χ1v) is 14.5. The molecule has 0 unspecified atom stereocenters. The minimum Gasteiger partial charge on any atom is -0.493 e. The topological polar surface area (TPSA) is 86.5 Å². The highest BCUT2D eigenvalue weighted by atomic mass is 127. The molecule has 0 aliphatic rings. The first-order chi connectivity index (χ1) is 18.7. The van der Waals surface area contributed by atoms with E-state index in [2.05, 4.69) is 32.8 Å². The zero-order valence-electron chi connectivity index (χ0n) is 20.6. The number of methoxy groups -OCH3 is 1. The molecule has 0 radical (unpaired) electrons. The van der Waals surface area contributed by atoms with Crippen molar-refractivity contribution in [3.63, 3.8) is 0 Å². The van der Waals surface area contributed by atoms with Crippen molar-refractivity contribution in [2.24, 2.45) is 0 Å². The van der Waals surface area contributed by atoms with Gasteiger partial charge in [0, 0.05) is 32.7 Å². The molecule has 39 heavy (non-hydrogen) atoms. The third-order valence-electron chi connectivity index (χ3n) is 5.48. The second-order valence-corrected chi connectivity index (χ2v) is 11.5. The number of carboxylic acid groups (broad SMARTS) is 1. The number of thioether (sulfide) groups is 1. The van der Waals surface area contributed by atoms with Crippen molar-refractivity contribution in [1.82, 2.24) is 14.8 Å². The Hall–Kier alpha value is -2.44. The molecule has 4 rings (SSSR count). The monoisotopic (exact) mass is 715 g/mol. The van der Waals surface area contributed by atoms with Crippen LogP contribution in [-0.4, -0.2) is 33.0 Å². The number of aliphatic carboxylic acids is 1. The number of hydrogen-bond donors (Lipinski definition) is 1. The average molecular weight is 717 g/mol. The number of nitrogens with zero attached hydrogens (tertiary/aromatic N) is 3. The van der Waals surface area contributed by atoms with Crippen LogP contribution in [0.15, 0.2) is 64.7 Å². The van der Waals surface area contributed by atoms with Gasteiger partial charge < -0.3 is 19.1 Å². The molecule has 0 saturated carbocycles.